The molecule has 0 fully saturated rings. The normalized spacial score (nSPS) is 11.8. The number of hydrogen-bond donors (Lipinski definition) is 1. The molecule has 1 atom stereocenters. The van der Waals surface area contributed by atoms with Gasteiger partial charge in [-0.3, -0.25) is 4.79 Å². The summed E-state index contributed by atoms with van der Waals surface area (Å²) >= 11 is 0. The summed E-state index contributed by atoms with van der Waals surface area (Å²) in [4.78, 5) is 24.1. The number of hydrogen-bond acceptors (Lipinski definition) is 3. The predicted molar refractivity (Wildman–Crippen MR) is 75.8 cm³/mol. The molecule has 1 aromatic carbocycles. The van der Waals surface area contributed by atoms with Gasteiger partial charge in [-0.2, -0.15) is 0 Å². The van der Waals surface area contributed by atoms with E-state index in [1.165, 1.54) is 18.9 Å². The fourth-order valence-corrected chi connectivity index (χ4v) is 1.65. The summed E-state index contributed by atoms with van der Waals surface area (Å²) < 4.78 is 5.50. The standard InChI is InChI=1S/C15H21NO4/c1-4-8-20-13-7-5-6-12(9-13)10-14(17)16(3)11(2)15(18)19/h5-7,9,11H,4,8,10H2,1-3H3,(H,18,19). The Morgan fingerprint density at radius 2 is 2.10 bits per heavy atom. The Labute approximate surface area is 119 Å². The minimum atomic E-state index is -1.01. The van der Waals surface area contributed by atoms with Crippen LogP contribution < -0.4 is 4.74 Å². The van der Waals surface area contributed by atoms with Crippen LogP contribution in [0.15, 0.2) is 24.3 Å². The summed E-state index contributed by atoms with van der Waals surface area (Å²) in [5.41, 5.74) is 0.813. The lowest BCUT2D eigenvalue weighted by molar-refractivity contribution is -0.148. The van der Waals surface area contributed by atoms with Gasteiger partial charge in [0.25, 0.3) is 0 Å². The number of ether oxygens (including phenoxy) is 1. The van der Waals surface area contributed by atoms with Crippen molar-refractivity contribution >= 4 is 11.9 Å². The van der Waals surface area contributed by atoms with Crippen LogP contribution in [0.5, 0.6) is 5.75 Å². The summed E-state index contributed by atoms with van der Waals surface area (Å²) in [6.07, 6.45) is 1.08. The van der Waals surface area contributed by atoms with Crippen molar-refractivity contribution in [2.75, 3.05) is 13.7 Å². The van der Waals surface area contributed by atoms with Gasteiger partial charge in [0.05, 0.1) is 13.0 Å². The molecule has 1 unspecified atom stereocenters. The molecular formula is C15H21NO4. The van der Waals surface area contributed by atoms with Crippen molar-refractivity contribution < 1.29 is 19.4 Å². The van der Waals surface area contributed by atoms with Gasteiger partial charge in [0.2, 0.25) is 5.91 Å². The van der Waals surface area contributed by atoms with Crippen LogP contribution in [0.25, 0.3) is 0 Å². The highest BCUT2D eigenvalue weighted by Crippen LogP contribution is 2.15. The van der Waals surface area contributed by atoms with Gasteiger partial charge in [-0.1, -0.05) is 19.1 Å². The lowest BCUT2D eigenvalue weighted by Crippen LogP contribution is -2.41. The number of carboxylic acids is 1. The zero-order valence-corrected chi connectivity index (χ0v) is 12.1. The number of aliphatic carboxylic acids is 1. The van der Waals surface area contributed by atoms with E-state index in [0.717, 1.165) is 17.7 Å². The molecule has 0 saturated heterocycles. The van der Waals surface area contributed by atoms with Gasteiger partial charge in [0, 0.05) is 7.05 Å². The summed E-state index contributed by atoms with van der Waals surface area (Å²) in [6, 6.07) is 6.48. The van der Waals surface area contributed by atoms with Crippen LogP contribution in [0.3, 0.4) is 0 Å². The van der Waals surface area contributed by atoms with Gasteiger partial charge < -0.3 is 14.7 Å². The Hall–Kier alpha value is -2.04. The van der Waals surface area contributed by atoms with E-state index in [1.54, 1.807) is 0 Å². The molecule has 1 aromatic rings. The molecule has 20 heavy (non-hydrogen) atoms. The van der Waals surface area contributed by atoms with Crippen molar-refractivity contribution in [1.29, 1.82) is 0 Å². The van der Waals surface area contributed by atoms with E-state index in [9.17, 15) is 9.59 Å². The highest BCUT2D eigenvalue weighted by atomic mass is 16.5. The molecule has 0 aliphatic carbocycles. The Morgan fingerprint density at radius 1 is 1.40 bits per heavy atom. The van der Waals surface area contributed by atoms with Crippen LogP contribution >= 0.6 is 0 Å². The van der Waals surface area contributed by atoms with Crippen LogP contribution in [0.4, 0.5) is 0 Å². The highest BCUT2D eigenvalue weighted by molar-refractivity contribution is 5.84. The quantitative estimate of drug-likeness (QED) is 0.828. The van der Waals surface area contributed by atoms with Crippen molar-refractivity contribution in [3.8, 4) is 5.75 Å². The zero-order chi connectivity index (χ0) is 15.1. The second-order valence-electron chi connectivity index (χ2n) is 4.69. The molecule has 0 bridgehead atoms. The number of benzene rings is 1. The third-order valence-corrected chi connectivity index (χ3v) is 3.06. The average Bonchev–Trinajstić information content (AvgIpc) is 2.43. The fourth-order valence-electron chi connectivity index (χ4n) is 1.65. The lowest BCUT2D eigenvalue weighted by atomic mass is 10.1. The van der Waals surface area contributed by atoms with Gasteiger partial charge in [-0.05, 0) is 31.0 Å². The Morgan fingerprint density at radius 3 is 2.70 bits per heavy atom. The molecule has 0 aromatic heterocycles. The van der Waals surface area contributed by atoms with Crippen molar-refractivity contribution in [2.24, 2.45) is 0 Å². The number of likely N-dealkylation sites (N-methyl/N-ethyl adjacent to an activating group) is 1. The molecule has 0 aliphatic rings. The smallest absolute Gasteiger partial charge is 0.326 e. The molecule has 1 rings (SSSR count). The van der Waals surface area contributed by atoms with Gasteiger partial charge in [0.1, 0.15) is 11.8 Å². The van der Waals surface area contributed by atoms with Crippen molar-refractivity contribution in [3.63, 3.8) is 0 Å². The predicted octanol–water partition coefficient (Wildman–Crippen LogP) is 1.95. The number of carboxylic acid groups (broad SMARTS) is 1. The molecule has 5 heteroatoms. The number of nitrogens with zero attached hydrogens (tertiary/aromatic N) is 1. The molecule has 0 spiro atoms. The van der Waals surface area contributed by atoms with E-state index in [4.69, 9.17) is 9.84 Å². The largest absolute Gasteiger partial charge is 0.494 e. The molecule has 0 aliphatic heterocycles. The van der Waals surface area contributed by atoms with E-state index in [-0.39, 0.29) is 12.3 Å². The van der Waals surface area contributed by atoms with Gasteiger partial charge in [0.15, 0.2) is 0 Å². The van der Waals surface area contributed by atoms with E-state index in [0.29, 0.717) is 6.61 Å². The molecule has 0 radical (unpaired) electrons. The first-order chi connectivity index (χ1) is 9.45. The van der Waals surface area contributed by atoms with Gasteiger partial charge >= 0.3 is 5.97 Å². The monoisotopic (exact) mass is 279 g/mol. The molecule has 1 N–H and O–H groups in total. The van der Waals surface area contributed by atoms with Crippen LogP contribution in [0, 0.1) is 0 Å². The Kier molecular flexibility index (Phi) is 6.03. The van der Waals surface area contributed by atoms with E-state index < -0.39 is 12.0 Å². The zero-order valence-electron chi connectivity index (χ0n) is 12.1. The second kappa shape index (κ2) is 7.53. The van der Waals surface area contributed by atoms with Gasteiger partial charge in [-0.25, -0.2) is 4.79 Å². The lowest BCUT2D eigenvalue weighted by Gasteiger charge is -2.21. The fraction of sp³-hybridized carbons (Fsp3) is 0.467. The number of amides is 1. The Bertz CT molecular complexity index is 473. The van der Waals surface area contributed by atoms with E-state index in [1.807, 2.05) is 31.2 Å². The molecule has 110 valence electrons. The second-order valence-corrected chi connectivity index (χ2v) is 4.69. The average molecular weight is 279 g/mol. The number of carbonyl (C=O) groups excluding carboxylic acids is 1. The van der Waals surface area contributed by atoms with E-state index >= 15 is 0 Å². The summed E-state index contributed by atoms with van der Waals surface area (Å²) in [6.45, 7) is 4.14. The topological polar surface area (TPSA) is 66.8 Å². The van der Waals surface area contributed by atoms with Crippen molar-refractivity contribution in [1.82, 2.24) is 4.90 Å². The van der Waals surface area contributed by atoms with Crippen molar-refractivity contribution in [2.45, 2.75) is 32.7 Å². The number of carbonyl (C=O) groups is 2. The van der Waals surface area contributed by atoms with Crippen LogP contribution in [0.1, 0.15) is 25.8 Å². The summed E-state index contributed by atoms with van der Waals surface area (Å²) in [5.74, 6) is -0.514. The van der Waals surface area contributed by atoms with Crippen LogP contribution in [0.2, 0.25) is 0 Å². The highest BCUT2D eigenvalue weighted by Gasteiger charge is 2.21. The third kappa shape index (κ3) is 4.57. The summed E-state index contributed by atoms with van der Waals surface area (Å²) in [5, 5.41) is 8.89. The van der Waals surface area contributed by atoms with Crippen LogP contribution in [-0.2, 0) is 16.0 Å². The first kappa shape index (κ1) is 16.0. The number of rotatable bonds is 7. The third-order valence-electron chi connectivity index (χ3n) is 3.06. The van der Waals surface area contributed by atoms with Crippen LogP contribution in [-0.4, -0.2) is 41.6 Å². The maximum atomic E-state index is 12.0. The maximum Gasteiger partial charge on any atom is 0.326 e. The molecule has 0 saturated carbocycles. The first-order valence-electron chi connectivity index (χ1n) is 6.66. The first-order valence-corrected chi connectivity index (χ1v) is 6.66. The van der Waals surface area contributed by atoms with E-state index in [2.05, 4.69) is 0 Å². The Balaban J connectivity index is 2.68. The molecular weight excluding hydrogens is 258 g/mol. The summed E-state index contributed by atoms with van der Waals surface area (Å²) in [7, 11) is 1.50. The molecule has 1 amide bonds. The minimum Gasteiger partial charge on any atom is -0.494 e. The molecule has 5 nitrogen and oxygen atoms in total. The maximum absolute atomic E-state index is 12.0. The minimum absolute atomic E-state index is 0.164. The SMILES string of the molecule is CCCOc1cccc(CC(=O)N(C)C(C)C(=O)O)c1. The molecule has 0 heterocycles. The van der Waals surface area contributed by atoms with Crippen molar-refractivity contribution in [3.05, 3.63) is 29.8 Å². The van der Waals surface area contributed by atoms with Gasteiger partial charge in [-0.15, -0.1) is 0 Å².